The number of halogens is 2. The van der Waals surface area contributed by atoms with Crippen LogP contribution in [0.15, 0.2) is 40.7 Å². The van der Waals surface area contributed by atoms with Crippen LogP contribution in [-0.2, 0) is 5.75 Å². The Hall–Kier alpha value is -2.18. The van der Waals surface area contributed by atoms with Gasteiger partial charge < -0.3 is 0 Å². The van der Waals surface area contributed by atoms with Crippen LogP contribution in [-0.4, -0.2) is 21.1 Å². The number of carbonyl (C=O) groups is 1. The molecule has 3 rings (SSSR count). The number of benzene rings is 1. The van der Waals surface area contributed by atoms with Gasteiger partial charge in [0.25, 0.3) is 5.91 Å². The van der Waals surface area contributed by atoms with E-state index in [-0.39, 0.29) is 15.9 Å². The van der Waals surface area contributed by atoms with Crippen molar-refractivity contribution < 1.29 is 4.79 Å². The Morgan fingerprint density at radius 3 is 2.54 bits per heavy atom. The summed E-state index contributed by atoms with van der Waals surface area (Å²) >= 11 is 14.4. The summed E-state index contributed by atoms with van der Waals surface area (Å²) in [6.45, 7) is 0. The number of nitrogens with one attached hydrogen (secondary N) is 1. The monoisotopic (exact) mass is 421 g/mol. The zero-order chi connectivity index (χ0) is 18.5. The second kappa shape index (κ2) is 8.47. The molecule has 6 nitrogen and oxygen atoms in total. The molecule has 1 amide bonds. The van der Waals surface area contributed by atoms with Crippen LogP contribution in [0.5, 0.6) is 0 Å². The van der Waals surface area contributed by atoms with Crippen LogP contribution in [0.3, 0.4) is 0 Å². The molecule has 2 aromatic heterocycles. The minimum absolute atomic E-state index is 0.138. The van der Waals surface area contributed by atoms with Crippen molar-refractivity contribution in [1.29, 1.82) is 5.26 Å². The van der Waals surface area contributed by atoms with Gasteiger partial charge in [-0.3, -0.25) is 10.1 Å². The Labute approximate surface area is 167 Å². The van der Waals surface area contributed by atoms with E-state index in [0.717, 1.165) is 9.90 Å². The van der Waals surface area contributed by atoms with Gasteiger partial charge in [-0.25, -0.2) is 4.98 Å². The van der Waals surface area contributed by atoms with Crippen molar-refractivity contribution in [3.05, 3.63) is 63.4 Å². The van der Waals surface area contributed by atoms with Gasteiger partial charge in [-0.1, -0.05) is 58.4 Å². The van der Waals surface area contributed by atoms with Gasteiger partial charge in [0.05, 0.1) is 11.6 Å². The lowest BCUT2D eigenvalue weighted by Crippen LogP contribution is -2.12. The lowest BCUT2D eigenvalue weighted by atomic mass is 10.2. The van der Waals surface area contributed by atoms with E-state index in [4.69, 9.17) is 28.5 Å². The highest BCUT2D eigenvalue weighted by molar-refractivity contribution is 8.00. The molecule has 0 aliphatic carbocycles. The highest BCUT2D eigenvalue weighted by Gasteiger charge is 2.12. The molecule has 0 atom stereocenters. The molecule has 0 bridgehead atoms. The quantitative estimate of drug-likeness (QED) is 0.365. The maximum absolute atomic E-state index is 12.2. The van der Waals surface area contributed by atoms with Crippen LogP contribution >= 0.6 is 46.3 Å². The second-order valence-electron chi connectivity index (χ2n) is 4.93. The minimum atomic E-state index is -0.393. The zero-order valence-corrected chi connectivity index (χ0v) is 16.1. The first-order valence-electron chi connectivity index (χ1n) is 7.13. The third-order valence-electron chi connectivity index (χ3n) is 3.10. The Morgan fingerprint density at radius 1 is 1.19 bits per heavy atom. The molecule has 0 saturated heterocycles. The van der Waals surface area contributed by atoms with Crippen LogP contribution in [0.4, 0.5) is 5.13 Å². The summed E-state index contributed by atoms with van der Waals surface area (Å²) < 4.78 is 0.718. The highest BCUT2D eigenvalue weighted by atomic mass is 35.5. The molecule has 1 aromatic carbocycles. The first-order chi connectivity index (χ1) is 12.5. The molecule has 0 unspecified atom stereocenters. The van der Waals surface area contributed by atoms with Gasteiger partial charge in [0.2, 0.25) is 5.13 Å². The van der Waals surface area contributed by atoms with E-state index in [2.05, 4.69) is 26.6 Å². The summed E-state index contributed by atoms with van der Waals surface area (Å²) in [4.78, 5) is 16.0. The lowest BCUT2D eigenvalue weighted by molar-refractivity contribution is 0.102. The van der Waals surface area contributed by atoms with Crippen molar-refractivity contribution in [2.75, 3.05) is 5.32 Å². The van der Waals surface area contributed by atoms with E-state index < -0.39 is 5.91 Å². The molecular weight excluding hydrogens is 413 g/mol. The van der Waals surface area contributed by atoms with E-state index in [1.165, 1.54) is 35.2 Å². The number of nitriles is 1. The fourth-order valence-electron chi connectivity index (χ4n) is 1.90. The number of amides is 1. The van der Waals surface area contributed by atoms with Gasteiger partial charge >= 0.3 is 0 Å². The molecule has 0 spiro atoms. The van der Waals surface area contributed by atoms with Gasteiger partial charge in [0.15, 0.2) is 4.34 Å². The van der Waals surface area contributed by atoms with Crippen LogP contribution in [0, 0.1) is 11.3 Å². The number of pyridine rings is 1. The lowest BCUT2D eigenvalue weighted by Gasteiger charge is -2.02. The molecule has 0 aliphatic heterocycles. The van der Waals surface area contributed by atoms with Crippen LogP contribution in [0.25, 0.3) is 0 Å². The highest BCUT2D eigenvalue weighted by Crippen LogP contribution is 2.28. The third-order valence-corrected chi connectivity index (χ3v) is 5.53. The normalized spacial score (nSPS) is 10.3. The molecule has 10 heteroatoms. The van der Waals surface area contributed by atoms with Crippen LogP contribution in [0.1, 0.15) is 21.5 Å². The van der Waals surface area contributed by atoms with E-state index in [1.807, 2.05) is 12.1 Å². The van der Waals surface area contributed by atoms with Crippen molar-refractivity contribution in [3.8, 4) is 6.07 Å². The van der Waals surface area contributed by atoms with Crippen molar-refractivity contribution in [3.63, 3.8) is 0 Å². The maximum Gasteiger partial charge on any atom is 0.257 e. The molecule has 130 valence electrons. The largest absolute Gasteiger partial charge is 0.296 e. The molecule has 3 aromatic rings. The summed E-state index contributed by atoms with van der Waals surface area (Å²) in [5, 5.41) is 20.1. The molecule has 26 heavy (non-hydrogen) atoms. The first-order valence-corrected chi connectivity index (χ1v) is 9.69. The van der Waals surface area contributed by atoms with Crippen LogP contribution < -0.4 is 5.32 Å². The van der Waals surface area contributed by atoms with Gasteiger partial charge in [-0.15, -0.1) is 10.2 Å². The van der Waals surface area contributed by atoms with Gasteiger partial charge in [-0.2, -0.15) is 5.26 Å². The summed E-state index contributed by atoms with van der Waals surface area (Å²) in [5.74, 6) is 0.292. The first kappa shape index (κ1) is 18.6. The zero-order valence-electron chi connectivity index (χ0n) is 12.9. The van der Waals surface area contributed by atoms with Crippen molar-refractivity contribution in [2.45, 2.75) is 10.1 Å². The number of thioether (sulfide) groups is 1. The topological polar surface area (TPSA) is 91.6 Å². The third kappa shape index (κ3) is 4.93. The summed E-state index contributed by atoms with van der Waals surface area (Å²) in [6.07, 6.45) is 0. The SMILES string of the molecule is N#Cc1ccc(CSc2nnc(NC(=O)c3cc(Cl)nc(Cl)c3)s2)cc1. The Morgan fingerprint density at radius 2 is 1.88 bits per heavy atom. The van der Waals surface area contributed by atoms with Crippen molar-refractivity contribution in [2.24, 2.45) is 0 Å². The summed E-state index contributed by atoms with van der Waals surface area (Å²) in [7, 11) is 0. The molecule has 0 saturated carbocycles. The number of hydrogen-bond acceptors (Lipinski definition) is 7. The fraction of sp³-hybridized carbons (Fsp3) is 0.0625. The molecule has 0 radical (unpaired) electrons. The smallest absolute Gasteiger partial charge is 0.257 e. The summed E-state index contributed by atoms with van der Waals surface area (Å²) in [5.41, 5.74) is 1.98. The molecule has 0 fully saturated rings. The van der Waals surface area contributed by atoms with E-state index in [9.17, 15) is 4.79 Å². The Kier molecular flexibility index (Phi) is 6.06. The molecule has 2 heterocycles. The summed E-state index contributed by atoms with van der Waals surface area (Å²) in [6, 6.07) is 12.3. The molecule has 1 N–H and O–H groups in total. The predicted octanol–water partition coefficient (Wildman–Crippen LogP) is 4.66. The van der Waals surface area contributed by atoms with Gasteiger partial charge in [0, 0.05) is 11.3 Å². The number of anilines is 1. The number of rotatable bonds is 5. The van der Waals surface area contributed by atoms with E-state index in [1.54, 1.807) is 12.1 Å². The molecular formula is C16H9Cl2N5OS2. The number of aromatic nitrogens is 3. The average molecular weight is 422 g/mol. The van der Waals surface area contributed by atoms with Crippen molar-refractivity contribution >= 4 is 57.3 Å². The van der Waals surface area contributed by atoms with Crippen molar-refractivity contribution in [1.82, 2.24) is 15.2 Å². The van der Waals surface area contributed by atoms with Gasteiger partial charge in [-0.05, 0) is 29.8 Å². The van der Waals surface area contributed by atoms with E-state index >= 15 is 0 Å². The van der Waals surface area contributed by atoms with Crippen LogP contribution in [0.2, 0.25) is 10.3 Å². The van der Waals surface area contributed by atoms with E-state index in [0.29, 0.717) is 16.4 Å². The standard InChI is InChI=1S/C16H9Cl2N5OS2/c17-12-5-11(6-13(18)20-12)14(24)21-15-22-23-16(26-15)25-8-10-3-1-9(7-19)2-4-10/h1-6H,8H2,(H,21,22,24). The average Bonchev–Trinajstić information content (AvgIpc) is 3.07. The molecule has 0 aliphatic rings. The Balaban J connectivity index is 1.60. The Bertz CT molecular complexity index is 965. The predicted molar refractivity (Wildman–Crippen MR) is 103 cm³/mol. The number of hydrogen-bond donors (Lipinski definition) is 1. The maximum atomic E-state index is 12.2. The minimum Gasteiger partial charge on any atom is -0.296 e. The fourth-order valence-corrected chi connectivity index (χ4v) is 4.07. The number of nitrogens with zero attached hydrogens (tertiary/aromatic N) is 4. The van der Waals surface area contributed by atoms with Gasteiger partial charge in [0.1, 0.15) is 10.3 Å². The second-order valence-corrected chi connectivity index (χ2v) is 7.90. The number of carbonyl (C=O) groups excluding carboxylic acids is 1.